The highest BCUT2D eigenvalue weighted by Gasteiger charge is 2.24. The summed E-state index contributed by atoms with van der Waals surface area (Å²) in [4.78, 5) is 20.5. The van der Waals surface area contributed by atoms with Crippen molar-refractivity contribution in [2.45, 2.75) is 49.1 Å². The number of halogens is 2. The number of benzene rings is 3. The summed E-state index contributed by atoms with van der Waals surface area (Å²) in [5, 5.41) is 11.0. The highest BCUT2D eigenvalue weighted by atomic mass is 32.2. The van der Waals surface area contributed by atoms with Crippen LogP contribution in [0.1, 0.15) is 39.5 Å². The van der Waals surface area contributed by atoms with E-state index in [2.05, 4.69) is 11.9 Å². The zero-order valence-electron chi connectivity index (χ0n) is 22.3. The van der Waals surface area contributed by atoms with Crippen molar-refractivity contribution >= 4 is 17.7 Å². The van der Waals surface area contributed by atoms with Crippen molar-refractivity contribution in [1.82, 2.24) is 9.88 Å². The topological polar surface area (TPSA) is 79.5 Å². The van der Waals surface area contributed by atoms with E-state index in [1.54, 1.807) is 28.9 Å². The Morgan fingerprint density at radius 2 is 1.62 bits per heavy atom. The van der Waals surface area contributed by atoms with Crippen LogP contribution in [-0.2, 0) is 25.1 Å². The molecular formula is C32H33F2N3O2S. The minimum Gasteiger partial charge on any atom is -0.390 e. The van der Waals surface area contributed by atoms with Gasteiger partial charge < -0.3 is 15.7 Å². The second-order valence-corrected chi connectivity index (χ2v) is 10.8. The quantitative estimate of drug-likeness (QED) is 0.214. The maximum atomic E-state index is 13.8. The summed E-state index contributed by atoms with van der Waals surface area (Å²) in [5.41, 5.74) is 10.2. The van der Waals surface area contributed by atoms with E-state index < -0.39 is 23.8 Å². The Labute approximate surface area is 238 Å². The number of aliphatic hydroxyl groups is 1. The van der Waals surface area contributed by atoms with Crippen LogP contribution in [0.3, 0.4) is 0 Å². The zero-order chi connectivity index (χ0) is 28.5. The highest BCUT2D eigenvalue weighted by molar-refractivity contribution is 7.98. The summed E-state index contributed by atoms with van der Waals surface area (Å²) in [6.45, 7) is 2.26. The predicted molar refractivity (Wildman–Crippen MR) is 155 cm³/mol. The Morgan fingerprint density at radius 3 is 2.35 bits per heavy atom. The number of hydrogen-bond acceptors (Lipinski definition) is 5. The molecule has 1 aromatic heterocycles. The molecule has 0 bridgehead atoms. The van der Waals surface area contributed by atoms with Gasteiger partial charge in [-0.3, -0.25) is 9.78 Å². The molecule has 0 fully saturated rings. The van der Waals surface area contributed by atoms with Crippen LogP contribution < -0.4 is 5.73 Å². The molecule has 40 heavy (non-hydrogen) atoms. The summed E-state index contributed by atoms with van der Waals surface area (Å²) in [6.07, 6.45) is 3.02. The van der Waals surface area contributed by atoms with Crippen molar-refractivity contribution in [2.75, 3.05) is 6.54 Å². The molecule has 5 nitrogen and oxygen atoms in total. The van der Waals surface area contributed by atoms with Gasteiger partial charge in [-0.2, -0.15) is 0 Å². The number of carbonyl (C=O) groups is 1. The zero-order valence-corrected chi connectivity index (χ0v) is 23.2. The number of hydrogen-bond donors (Lipinski definition) is 2. The largest absolute Gasteiger partial charge is 0.390 e. The number of aliphatic hydroxyl groups excluding tert-OH is 1. The van der Waals surface area contributed by atoms with E-state index in [0.29, 0.717) is 11.1 Å². The number of nitrogens with zero attached hydrogens (tertiary/aromatic N) is 2. The fourth-order valence-corrected chi connectivity index (χ4v) is 5.30. The van der Waals surface area contributed by atoms with Gasteiger partial charge in [0.15, 0.2) is 0 Å². The van der Waals surface area contributed by atoms with E-state index in [1.165, 1.54) is 18.3 Å². The van der Waals surface area contributed by atoms with E-state index in [1.807, 2.05) is 54.6 Å². The first kappa shape index (κ1) is 29.4. The summed E-state index contributed by atoms with van der Waals surface area (Å²) in [5.74, 6) is -0.967. The van der Waals surface area contributed by atoms with Crippen molar-refractivity contribution in [1.29, 1.82) is 0 Å². The first-order chi connectivity index (χ1) is 19.3. The molecule has 2 atom stereocenters. The van der Waals surface area contributed by atoms with Crippen molar-refractivity contribution in [3.8, 4) is 0 Å². The SMILES string of the molecule is CCc1cccc(CN(C[C@@H](O)[C@@H](N)Cc2cc(F)cc(F)c2)C(=O)c2cncc(SCc3ccccc3)c2)c1. The predicted octanol–water partition coefficient (Wildman–Crippen LogP) is 5.79. The van der Waals surface area contributed by atoms with Crippen molar-refractivity contribution in [3.05, 3.63) is 131 Å². The molecule has 0 spiro atoms. The van der Waals surface area contributed by atoms with Gasteiger partial charge in [0.2, 0.25) is 0 Å². The van der Waals surface area contributed by atoms with E-state index in [4.69, 9.17) is 5.73 Å². The summed E-state index contributed by atoms with van der Waals surface area (Å²) >= 11 is 1.58. The molecule has 1 amide bonds. The number of pyridine rings is 1. The molecule has 0 saturated heterocycles. The number of aryl methyl sites for hydroxylation is 1. The second kappa shape index (κ2) is 14.2. The van der Waals surface area contributed by atoms with Crippen LogP contribution in [0.4, 0.5) is 8.78 Å². The van der Waals surface area contributed by atoms with Crippen molar-refractivity contribution in [2.24, 2.45) is 5.73 Å². The number of carbonyl (C=O) groups excluding carboxylic acids is 1. The van der Waals surface area contributed by atoms with Gasteiger partial charge in [0, 0.05) is 48.2 Å². The standard InChI is InChI=1S/C32H33F2N3O2S/c1-2-22-9-6-10-24(11-22)19-37(20-31(38)30(35)14-25-12-27(33)16-28(34)13-25)32(39)26-15-29(18-36-17-26)40-21-23-7-4-3-5-8-23/h3-13,15-18,30-31,38H,2,14,19-21,35H2,1H3/t30-,31+/m0/s1. The summed E-state index contributed by atoms with van der Waals surface area (Å²) < 4.78 is 27.3. The van der Waals surface area contributed by atoms with Gasteiger partial charge in [0.1, 0.15) is 11.6 Å². The minimum absolute atomic E-state index is 0.0519. The third kappa shape index (κ3) is 8.45. The fraction of sp³-hybridized carbons (Fsp3) is 0.250. The van der Waals surface area contributed by atoms with Crippen LogP contribution in [-0.4, -0.2) is 39.6 Å². The Kier molecular flexibility index (Phi) is 10.4. The van der Waals surface area contributed by atoms with Crippen LogP contribution in [0.25, 0.3) is 0 Å². The average Bonchev–Trinajstić information content (AvgIpc) is 2.95. The molecule has 0 aliphatic heterocycles. The van der Waals surface area contributed by atoms with Gasteiger partial charge in [0.05, 0.1) is 11.7 Å². The summed E-state index contributed by atoms with van der Waals surface area (Å²) in [6, 6.07) is 22.1. The lowest BCUT2D eigenvalue weighted by atomic mass is 10.0. The molecule has 4 rings (SSSR count). The molecule has 0 aliphatic carbocycles. The van der Waals surface area contributed by atoms with E-state index in [9.17, 15) is 18.7 Å². The van der Waals surface area contributed by atoms with Crippen LogP contribution in [0, 0.1) is 11.6 Å². The maximum absolute atomic E-state index is 13.8. The van der Waals surface area contributed by atoms with Crippen LogP contribution in [0.5, 0.6) is 0 Å². The van der Waals surface area contributed by atoms with E-state index in [0.717, 1.165) is 39.8 Å². The number of rotatable bonds is 12. The molecule has 4 aromatic rings. The lowest BCUT2D eigenvalue weighted by molar-refractivity contribution is 0.0553. The van der Waals surface area contributed by atoms with E-state index in [-0.39, 0.29) is 25.4 Å². The maximum Gasteiger partial charge on any atom is 0.255 e. The van der Waals surface area contributed by atoms with Gasteiger partial charge in [-0.05, 0) is 53.3 Å². The number of nitrogens with two attached hydrogens (primary N) is 1. The molecule has 208 valence electrons. The van der Waals surface area contributed by atoms with Gasteiger partial charge in [-0.15, -0.1) is 11.8 Å². The van der Waals surface area contributed by atoms with E-state index >= 15 is 0 Å². The molecule has 0 unspecified atom stereocenters. The number of amides is 1. The molecule has 0 aliphatic rings. The first-order valence-electron chi connectivity index (χ1n) is 13.2. The lowest BCUT2D eigenvalue weighted by Gasteiger charge is -2.28. The second-order valence-electron chi connectivity index (χ2n) is 9.76. The average molecular weight is 562 g/mol. The first-order valence-corrected chi connectivity index (χ1v) is 14.2. The number of aromatic nitrogens is 1. The van der Waals surface area contributed by atoms with Gasteiger partial charge in [0.25, 0.3) is 5.91 Å². The highest BCUT2D eigenvalue weighted by Crippen LogP contribution is 2.24. The molecular weight excluding hydrogens is 528 g/mol. The van der Waals surface area contributed by atoms with Gasteiger partial charge >= 0.3 is 0 Å². The smallest absolute Gasteiger partial charge is 0.255 e. The van der Waals surface area contributed by atoms with Crippen LogP contribution in [0.2, 0.25) is 0 Å². The Balaban J connectivity index is 1.52. The minimum atomic E-state index is -1.13. The molecule has 3 aromatic carbocycles. The third-order valence-corrected chi connectivity index (χ3v) is 7.60. The Hall–Kier alpha value is -3.59. The molecule has 8 heteroatoms. The number of thioether (sulfide) groups is 1. The van der Waals surface area contributed by atoms with Crippen LogP contribution >= 0.6 is 11.8 Å². The van der Waals surface area contributed by atoms with Crippen molar-refractivity contribution in [3.63, 3.8) is 0 Å². The Bertz CT molecular complexity index is 1400. The normalized spacial score (nSPS) is 12.6. The Morgan fingerprint density at radius 1 is 0.925 bits per heavy atom. The summed E-state index contributed by atoms with van der Waals surface area (Å²) in [7, 11) is 0. The lowest BCUT2D eigenvalue weighted by Crippen LogP contribution is -2.46. The fourth-order valence-electron chi connectivity index (χ4n) is 4.42. The molecule has 0 saturated carbocycles. The van der Waals surface area contributed by atoms with Crippen molar-refractivity contribution < 1.29 is 18.7 Å². The van der Waals surface area contributed by atoms with Crippen LogP contribution in [0.15, 0.2) is 96.2 Å². The molecule has 0 radical (unpaired) electrons. The van der Waals surface area contributed by atoms with Gasteiger partial charge in [-0.1, -0.05) is 61.5 Å². The molecule has 3 N–H and O–H groups in total. The van der Waals surface area contributed by atoms with Gasteiger partial charge in [-0.25, -0.2) is 8.78 Å². The monoisotopic (exact) mass is 561 g/mol. The third-order valence-electron chi connectivity index (χ3n) is 6.56. The molecule has 1 heterocycles.